The van der Waals surface area contributed by atoms with Crippen molar-refractivity contribution in [1.82, 2.24) is 25.1 Å². The van der Waals surface area contributed by atoms with Crippen molar-refractivity contribution >= 4 is 5.65 Å². The van der Waals surface area contributed by atoms with Gasteiger partial charge in [-0.05, 0) is 49.7 Å². The maximum Gasteiger partial charge on any atom is 0.178 e. The van der Waals surface area contributed by atoms with Crippen LogP contribution < -0.4 is 14.8 Å². The van der Waals surface area contributed by atoms with Crippen LogP contribution in [0.3, 0.4) is 0 Å². The first kappa shape index (κ1) is 15.8. The Morgan fingerprint density at radius 3 is 2.76 bits per heavy atom. The van der Waals surface area contributed by atoms with Crippen LogP contribution in [0, 0.1) is 0 Å². The maximum atomic E-state index is 5.49. The smallest absolute Gasteiger partial charge is 0.178 e. The molecule has 130 valence electrons. The van der Waals surface area contributed by atoms with Gasteiger partial charge in [0.25, 0.3) is 0 Å². The average Bonchev–Trinajstić information content (AvgIpc) is 3.11. The summed E-state index contributed by atoms with van der Waals surface area (Å²) in [5.74, 6) is 2.37. The van der Waals surface area contributed by atoms with Crippen LogP contribution in [0.15, 0.2) is 30.3 Å². The highest BCUT2D eigenvalue weighted by Gasteiger charge is 2.21. The van der Waals surface area contributed by atoms with E-state index in [4.69, 9.17) is 14.6 Å². The highest BCUT2D eigenvalue weighted by molar-refractivity contribution is 5.69. The number of ether oxygens (including phenoxy) is 2. The molecule has 1 aliphatic rings. The number of fused-ring (bicyclic) bond motifs is 1. The van der Waals surface area contributed by atoms with Gasteiger partial charge >= 0.3 is 0 Å². The first-order valence-corrected chi connectivity index (χ1v) is 8.48. The van der Waals surface area contributed by atoms with E-state index >= 15 is 0 Å². The van der Waals surface area contributed by atoms with Gasteiger partial charge in [-0.25, -0.2) is 0 Å². The molecule has 0 aliphatic carbocycles. The van der Waals surface area contributed by atoms with E-state index in [2.05, 4.69) is 15.5 Å². The molecule has 0 amide bonds. The summed E-state index contributed by atoms with van der Waals surface area (Å²) >= 11 is 0. The van der Waals surface area contributed by atoms with Gasteiger partial charge in [0.2, 0.25) is 0 Å². The monoisotopic (exact) mass is 339 g/mol. The molecule has 0 spiro atoms. The number of piperidine rings is 1. The SMILES string of the molecule is COc1ccc(OC)c(-c2ccc3nnc([C@H]4CCCCN4)n3n2)c1. The van der Waals surface area contributed by atoms with Crippen molar-refractivity contribution in [2.24, 2.45) is 0 Å². The summed E-state index contributed by atoms with van der Waals surface area (Å²) in [6.07, 6.45) is 3.44. The minimum absolute atomic E-state index is 0.193. The van der Waals surface area contributed by atoms with Crippen LogP contribution in [0.4, 0.5) is 0 Å². The lowest BCUT2D eigenvalue weighted by molar-refractivity contribution is 0.392. The molecule has 7 heteroatoms. The van der Waals surface area contributed by atoms with Crippen LogP contribution >= 0.6 is 0 Å². The van der Waals surface area contributed by atoms with E-state index in [1.54, 1.807) is 14.2 Å². The van der Waals surface area contributed by atoms with E-state index in [9.17, 15) is 0 Å². The second-order valence-electron chi connectivity index (χ2n) is 6.12. The molecule has 25 heavy (non-hydrogen) atoms. The van der Waals surface area contributed by atoms with Gasteiger partial charge in [-0.2, -0.15) is 9.61 Å². The number of methoxy groups -OCH3 is 2. The molecule has 3 aromatic rings. The summed E-state index contributed by atoms with van der Waals surface area (Å²) in [6.45, 7) is 1.00. The molecule has 2 aromatic heterocycles. The zero-order valence-corrected chi connectivity index (χ0v) is 14.4. The molecule has 0 unspecified atom stereocenters. The Morgan fingerprint density at radius 2 is 2.00 bits per heavy atom. The van der Waals surface area contributed by atoms with Crippen LogP contribution in [-0.2, 0) is 0 Å². The van der Waals surface area contributed by atoms with Gasteiger partial charge in [0, 0.05) is 5.56 Å². The van der Waals surface area contributed by atoms with E-state index in [1.165, 1.54) is 12.8 Å². The van der Waals surface area contributed by atoms with E-state index in [0.717, 1.165) is 47.2 Å². The lowest BCUT2D eigenvalue weighted by atomic mass is 10.0. The number of hydrogen-bond acceptors (Lipinski definition) is 6. The second-order valence-corrected chi connectivity index (χ2v) is 6.12. The first-order chi connectivity index (χ1) is 12.3. The predicted molar refractivity (Wildman–Crippen MR) is 93.9 cm³/mol. The van der Waals surface area contributed by atoms with Crippen molar-refractivity contribution in [2.75, 3.05) is 20.8 Å². The molecule has 4 rings (SSSR count). The summed E-state index contributed by atoms with van der Waals surface area (Å²) in [5.41, 5.74) is 2.41. The summed E-state index contributed by atoms with van der Waals surface area (Å²) in [6, 6.07) is 9.74. The molecule has 1 N–H and O–H groups in total. The summed E-state index contributed by atoms with van der Waals surface area (Å²) < 4.78 is 12.7. The molecule has 0 radical (unpaired) electrons. The quantitative estimate of drug-likeness (QED) is 0.788. The first-order valence-electron chi connectivity index (χ1n) is 8.48. The third kappa shape index (κ3) is 2.91. The largest absolute Gasteiger partial charge is 0.497 e. The Labute approximate surface area is 146 Å². The Hall–Kier alpha value is -2.67. The van der Waals surface area contributed by atoms with Crippen LogP contribution in [0.2, 0.25) is 0 Å². The lowest BCUT2D eigenvalue weighted by Crippen LogP contribution is -2.28. The van der Waals surface area contributed by atoms with Crippen molar-refractivity contribution in [3.8, 4) is 22.8 Å². The zero-order chi connectivity index (χ0) is 17.2. The summed E-state index contributed by atoms with van der Waals surface area (Å²) in [5, 5.41) is 16.9. The molecule has 1 aliphatic heterocycles. The van der Waals surface area contributed by atoms with Gasteiger partial charge in [-0.1, -0.05) is 6.42 Å². The molecular weight excluding hydrogens is 318 g/mol. The van der Waals surface area contributed by atoms with Gasteiger partial charge in [0.15, 0.2) is 11.5 Å². The summed E-state index contributed by atoms with van der Waals surface area (Å²) in [4.78, 5) is 0. The van der Waals surface area contributed by atoms with E-state index in [-0.39, 0.29) is 6.04 Å². The minimum atomic E-state index is 0.193. The Balaban J connectivity index is 1.81. The number of aromatic nitrogens is 4. The normalized spacial score (nSPS) is 17.6. The van der Waals surface area contributed by atoms with Crippen LogP contribution in [0.25, 0.3) is 16.9 Å². The fourth-order valence-electron chi connectivity index (χ4n) is 3.25. The second kappa shape index (κ2) is 6.68. The lowest BCUT2D eigenvalue weighted by Gasteiger charge is -2.21. The van der Waals surface area contributed by atoms with Crippen molar-refractivity contribution in [2.45, 2.75) is 25.3 Å². The van der Waals surface area contributed by atoms with Gasteiger partial charge in [0.05, 0.1) is 26.0 Å². The minimum Gasteiger partial charge on any atom is -0.497 e. The maximum absolute atomic E-state index is 5.49. The number of hydrogen-bond donors (Lipinski definition) is 1. The molecule has 1 saturated heterocycles. The number of nitrogens with zero attached hydrogens (tertiary/aromatic N) is 4. The predicted octanol–water partition coefficient (Wildman–Crippen LogP) is 2.62. The van der Waals surface area contributed by atoms with Crippen LogP contribution in [-0.4, -0.2) is 40.6 Å². The topological polar surface area (TPSA) is 73.6 Å². The molecule has 3 heterocycles. The van der Waals surface area contributed by atoms with Crippen molar-refractivity contribution < 1.29 is 9.47 Å². The average molecular weight is 339 g/mol. The van der Waals surface area contributed by atoms with Gasteiger partial charge in [-0.3, -0.25) is 0 Å². The van der Waals surface area contributed by atoms with E-state index < -0.39 is 0 Å². The number of rotatable bonds is 4. The number of benzene rings is 1. The fourth-order valence-corrected chi connectivity index (χ4v) is 3.25. The standard InChI is InChI=1S/C18H21N5O2/c1-24-12-6-8-16(25-2)13(11-12)14-7-9-17-20-21-18(23(17)22-14)15-5-3-4-10-19-15/h6-9,11,15,19H,3-5,10H2,1-2H3/t15-/m1/s1. The summed E-state index contributed by atoms with van der Waals surface area (Å²) in [7, 11) is 3.30. The molecular formula is C18H21N5O2. The van der Waals surface area contributed by atoms with Gasteiger partial charge in [-0.15, -0.1) is 10.2 Å². The Morgan fingerprint density at radius 1 is 1.08 bits per heavy atom. The van der Waals surface area contributed by atoms with E-state index in [1.807, 2.05) is 34.8 Å². The molecule has 0 saturated carbocycles. The Kier molecular flexibility index (Phi) is 4.23. The molecule has 1 fully saturated rings. The molecule has 1 aromatic carbocycles. The third-order valence-electron chi connectivity index (χ3n) is 4.59. The van der Waals surface area contributed by atoms with Crippen molar-refractivity contribution in [3.05, 3.63) is 36.2 Å². The highest BCUT2D eigenvalue weighted by Crippen LogP contribution is 2.32. The zero-order valence-electron chi connectivity index (χ0n) is 14.4. The van der Waals surface area contributed by atoms with E-state index in [0.29, 0.717) is 0 Å². The number of nitrogens with one attached hydrogen (secondary N) is 1. The third-order valence-corrected chi connectivity index (χ3v) is 4.59. The molecule has 1 atom stereocenters. The highest BCUT2D eigenvalue weighted by atomic mass is 16.5. The Bertz CT molecular complexity index is 886. The fraction of sp³-hybridized carbons (Fsp3) is 0.389. The van der Waals surface area contributed by atoms with Gasteiger partial charge < -0.3 is 14.8 Å². The van der Waals surface area contributed by atoms with Gasteiger partial charge in [0.1, 0.15) is 11.5 Å². The van der Waals surface area contributed by atoms with Crippen molar-refractivity contribution in [1.29, 1.82) is 0 Å². The van der Waals surface area contributed by atoms with Crippen molar-refractivity contribution in [3.63, 3.8) is 0 Å². The molecule has 0 bridgehead atoms. The van der Waals surface area contributed by atoms with Crippen LogP contribution in [0.5, 0.6) is 11.5 Å². The van der Waals surface area contributed by atoms with Crippen LogP contribution in [0.1, 0.15) is 31.1 Å². The molecule has 7 nitrogen and oxygen atoms in total.